The zero-order valence-electron chi connectivity index (χ0n) is 11.2. The maximum absolute atomic E-state index is 12.2. The molecular formula is C15H13BrN2O3. The highest BCUT2D eigenvalue weighted by Gasteiger charge is 2.12. The van der Waals surface area contributed by atoms with E-state index in [0.717, 1.165) is 0 Å². The second kappa shape index (κ2) is 6.41. The van der Waals surface area contributed by atoms with E-state index in [1.165, 1.54) is 7.11 Å². The second-order valence-electron chi connectivity index (χ2n) is 4.24. The van der Waals surface area contributed by atoms with E-state index in [2.05, 4.69) is 21.2 Å². The van der Waals surface area contributed by atoms with E-state index in [1.807, 2.05) is 0 Å². The Morgan fingerprint density at radius 1 is 1.14 bits per heavy atom. The molecule has 0 saturated carbocycles. The Morgan fingerprint density at radius 2 is 1.81 bits per heavy atom. The molecule has 21 heavy (non-hydrogen) atoms. The maximum Gasteiger partial charge on any atom is 0.256 e. The monoisotopic (exact) mass is 348 g/mol. The lowest BCUT2D eigenvalue weighted by Gasteiger charge is -2.09. The van der Waals surface area contributed by atoms with Crippen molar-refractivity contribution in [2.45, 2.75) is 0 Å². The highest BCUT2D eigenvalue weighted by Crippen LogP contribution is 2.23. The van der Waals surface area contributed by atoms with Crippen LogP contribution in [0.15, 0.2) is 46.9 Å². The van der Waals surface area contributed by atoms with Crippen LogP contribution >= 0.6 is 15.9 Å². The van der Waals surface area contributed by atoms with Crippen LogP contribution in [0.4, 0.5) is 5.69 Å². The summed E-state index contributed by atoms with van der Waals surface area (Å²) in [6, 6.07) is 11.5. The van der Waals surface area contributed by atoms with E-state index < -0.39 is 5.91 Å². The van der Waals surface area contributed by atoms with Crippen molar-refractivity contribution >= 4 is 33.4 Å². The number of benzene rings is 2. The van der Waals surface area contributed by atoms with E-state index in [4.69, 9.17) is 10.5 Å². The molecule has 0 saturated heterocycles. The third-order valence-electron chi connectivity index (χ3n) is 2.85. The minimum atomic E-state index is -0.511. The number of hydrogen-bond donors (Lipinski definition) is 2. The van der Waals surface area contributed by atoms with Gasteiger partial charge in [0, 0.05) is 15.7 Å². The minimum Gasteiger partial charge on any atom is -0.497 e. The first-order chi connectivity index (χ1) is 10.0. The summed E-state index contributed by atoms with van der Waals surface area (Å²) in [6.45, 7) is 0. The largest absolute Gasteiger partial charge is 0.497 e. The molecule has 6 heteroatoms. The number of carbonyl (C=O) groups is 2. The van der Waals surface area contributed by atoms with Crippen LogP contribution in [0.3, 0.4) is 0 Å². The smallest absolute Gasteiger partial charge is 0.256 e. The van der Waals surface area contributed by atoms with Crippen molar-refractivity contribution in [3.8, 4) is 5.75 Å². The van der Waals surface area contributed by atoms with Gasteiger partial charge in [0.1, 0.15) is 5.75 Å². The number of nitrogens with one attached hydrogen (secondary N) is 1. The van der Waals surface area contributed by atoms with Crippen molar-refractivity contribution in [2.75, 3.05) is 12.4 Å². The van der Waals surface area contributed by atoms with Gasteiger partial charge in [-0.2, -0.15) is 0 Å². The molecule has 5 nitrogen and oxygen atoms in total. The molecular weight excluding hydrogens is 336 g/mol. The van der Waals surface area contributed by atoms with Crippen molar-refractivity contribution in [3.63, 3.8) is 0 Å². The van der Waals surface area contributed by atoms with Gasteiger partial charge in [-0.1, -0.05) is 0 Å². The van der Waals surface area contributed by atoms with Gasteiger partial charge in [0.2, 0.25) is 5.91 Å². The van der Waals surface area contributed by atoms with Crippen LogP contribution in [0.1, 0.15) is 20.7 Å². The van der Waals surface area contributed by atoms with Gasteiger partial charge in [0.15, 0.2) is 0 Å². The van der Waals surface area contributed by atoms with Gasteiger partial charge in [0.25, 0.3) is 5.91 Å². The summed E-state index contributed by atoms with van der Waals surface area (Å²) in [5, 5.41) is 2.74. The van der Waals surface area contributed by atoms with Gasteiger partial charge in [-0.25, -0.2) is 0 Å². The number of anilines is 1. The van der Waals surface area contributed by atoms with Crippen molar-refractivity contribution < 1.29 is 14.3 Å². The molecule has 0 unspecified atom stereocenters. The molecule has 0 aliphatic heterocycles. The third-order valence-corrected chi connectivity index (χ3v) is 3.54. The number of carbonyl (C=O) groups excluding carboxylic acids is 2. The number of methoxy groups -OCH3 is 1. The molecule has 0 radical (unpaired) electrons. The molecule has 3 N–H and O–H groups in total. The van der Waals surface area contributed by atoms with Crippen LogP contribution in [0, 0.1) is 0 Å². The number of nitrogens with two attached hydrogens (primary N) is 1. The predicted octanol–water partition coefficient (Wildman–Crippen LogP) is 2.81. The molecule has 0 atom stereocenters. The van der Waals surface area contributed by atoms with Gasteiger partial charge in [-0.05, 0) is 58.4 Å². The standard InChI is InChI=1S/C15H13BrN2O3/c1-21-11-6-7-13(16)12(8-11)15(20)18-10-4-2-9(3-5-10)14(17)19/h2-8H,1H3,(H2,17,19)(H,18,20). The van der Waals surface area contributed by atoms with Gasteiger partial charge in [0.05, 0.1) is 12.7 Å². The molecule has 0 fully saturated rings. The zero-order chi connectivity index (χ0) is 15.4. The van der Waals surface area contributed by atoms with Crippen LogP contribution in [-0.2, 0) is 0 Å². The molecule has 2 rings (SSSR count). The fraction of sp³-hybridized carbons (Fsp3) is 0.0667. The molecule has 2 amide bonds. The topological polar surface area (TPSA) is 81.4 Å². The van der Waals surface area contributed by atoms with Crippen LogP contribution in [-0.4, -0.2) is 18.9 Å². The number of primary amides is 1. The van der Waals surface area contributed by atoms with Crippen LogP contribution in [0.25, 0.3) is 0 Å². The third kappa shape index (κ3) is 3.61. The van der Waals surface area contributed by atoms with Crippen molar-refractivity contribution in [2.24, 2.45) is 5.73 Å². The Labute approximate surface area is 130 Å². The van der Waals surface area contributed by atoms with E-state index in [9.17, 15) is 9.59 Å². The minimum absolute atomic E-state index is 0.285. The molecule has 0 aliphatic rings. The van der Waals surface area contributed by atoms with Gasteiger partial charge < -0.3 is 15.8 Å². The first kappa shape index (κ1) is 15.1. The Kier molecular flexibility index (Phi) is 4.59. The summed E-state index contributed by atoms with van der Waals surface area (Å²) < 4.78 is 5.76. The quantitative estimate of drug-likeness (QED) is 0.891. The Morgan fingerprint density at radius 3 is 2.38 bits per heavy atom. The summed E-state index contributed by atoms with van der Waals surface area (Å²) in [5.74, 6) is -0.205. The number of halogens is 1. The second-order valence-corrected chi connectivity index (χ2v) is 5.10. The number of hydrogen-bond acceptors (Lipinski definition) is 3. The van der Waals surface area contributed by atoms with Gasteiger partial charge >= 0.3 is 0 Å². The lowest BCUT2D eigenvalue weighted by molar-refractivity contribution is 0.0998. The van der Waals surface area contributed by atoms with Crippen LogP contribution < -0.4 is 15.8 Å². The molecule has 2 aromatic rings. The van der Waals surface area contributed by atoms with Crippen molar-refractivity contribution in [1.82, 2.24) is 0 Å². The molecule has 0 spiro atoms. The van der Waals surface area contributed by atoms with E-state index in [1.54, 1.807) is 42.5 Å². The van der Waals surface area contributed by atoms with Gasteiger partial charge in [-0.3, -0.25) is 9.59 Å². The number of rotatable bonds is 4. The highest BCUT2D eigenvalue weighted by molar-refractivity contribution is 9.10. The van der Waals surface area contributed by atoms with Gasteiger partial charge in [-0.15, -0.1) is 0 Å². The summed E-state index contributed by atoms with van der Waals surface area (Å²) >= 11 is 3.33. The molecule has 2 aromatic carbocycles. The van der Waals surface area contributed by atoms with E-state index >= 15 is 0 Å². The zero-order valence-corrected chi connectivity index (χ0v) is 12.8. The fourth-order valence-corrected chi connectivity index (χ4v) is 2.15. The van der Waals surface area contributed by atoms with E-state index in [-0.39, 0.29) is 5.91 Å². The molecule has 0 bridgehead atoms. The average Bonchev–Trinajstić information content (AvgIpc) is 2.48. The molecule has 0 aromatic heterocycles. The fourth-order valence-electron chi connectivity index (χ4n) is 1.72. The lowest BCUT2D eigenvalue weighted by atomic mass is 10.1. The Hall–Kier alpha value is -2.34. The average molecular weight is 349 g/mol. The molecule has 0 heterocycles. The lowest BCUT2D eigenvalue weighted by Crippen LogP contribution is -2.14. The Balaban J connectivity index is 2.19. The van der Waals surface area contributed by atoms with Crippen LogP contribution in [0.5, 0.6) is 5.75 Å². The summed E-state index contributed by atoms with van der Waals surface area (Å²) in [4.78, 5) is 23.2. The molecule has 0 aliphatic carbocycles. The van der Waals surface area contributed by atoms with Crippen molar-refractivity contribution in [3.05, 3.63) is 58.1 Å². The predicted molar refractivity (Wildman–Crippen MR) is 83.6 cm³/mol. The highest BCUT2D eigenvalue weighted by atomic mass is 79.9. The summed E-state index contributed by atoms with van der Waals surface area (Å²) in [7, 11) is 1.54. The first-order valence-corrected chi connectivity index (χ1v) is 6.85. The van der Waals surface area contributed by atoms with E-state index in [0.29, 0.717) is 27.0 Å². The summed E-state index contributed by atoms with van der Waals surface area (Å²) in [6.07, 6.45) is 0. The molecule has 108 valence electrons. The van der Waals surface area contributed by atoms with Crippen LogP contribution in [0.2, 0.25) is 0 Å². The number of ether oxygens (including phenoxy) is 1. The maximum atomic E-state index is 12.2. The Bertz CT molecular complexity index is 684. The summed E-state index contributed by atoms with van der Waals surface area (Å²) in [5.41, 5.74) is 6.57. The number of amides is 2. The van der Waals surface area contributed by atoms with Crippen molar-refractivity contribution in [1.29, 1.82) is 0 Å². The first-order valence-electron chi connectivity index (χ1n) is 6.06. The normalized spacial score (nSPS) is 10.0. The SMILES string of the molecule is COc1ccc(Br)c(C(=O)Nc2ccc(C(N)=O)cc2)c1.